The molecule has 0 aliphatic carbocycles. The number of nitrogens with zero attached hydrogens (tertiary/aromatic N) is 1. The third-order valence-electron chi connectivity index (χ3n) is 1.63. The lowest BCUT2D eigenvalue weighted by atomic mass is 10.3. The van der Waals surface area contributed by atoms with Gasteiger partial charge in [0.2, 0.25) is 0 Å². The van der Waals surface area contributed by atoms with Gasteiger partial charge in [0.15, 0.2) is 5.82 Å². The van der Waals surface area contributed by atoms with Gasteiger partial charge in [-0.25, -0.2) is 9.37 Å². The first-order chi connectivity index (χ1) is 7.15. The van der Waals surface area contributed by atoms with E-state index in [1.807, 2.05) is 0 Å². The van der Waals surface area contributed by atoms with E-state index in [1.54, 1.807) is 7.11 Å². The highest BCUT2D eigenvalue weighted by Crippen LogP contribution is 2.12. The van der Waals surface area contributed by atoms with E-state index in [2.05, 4.69) is 26.2 Å². The monoisotopic (exact) mass is 276 g/mol. The summed E-state index contributed by atoms with van der Waals surface area (Å²) in [6, 6.07) is 2.50. The number of hydrogen-bond donors (Lipinski definition) is 1. The molecule has 0 saturated heterocycles. The first-order valence-corrected chi connectivity index (χ1v) is 5.03. The molecular formula is C9H10BrFN2O2. The summed E-state index contributed by atoms with van der Waals surface area (Å²) >= 11 is 2.91. The number of hydrogen-bond acceptors (Lipinski definition) is 3. The summed E-state index contributed by atoms with van der Waals surface area (Å²) in [5.74, 6) is -0.851. The highest BCUT2D eigenvalue weighted by molar-refractivity contribution is 9.10. The van der Waals surface area contributed by atoms with E-state index in [0.29, 0.717) is 13.2 Å². The first kappa shape index (κ1) is 12.1. The second-order valence-corrected chi connectivity index (χ2v) is 3.47. The number of carbonyl (C=O) groups is 1. The molecule has 82 valence electrons. The Hall–Kier alpha value is -1.01. The summed E-state index contributed by atoms with van der Waals surface area (Å²) in [5.41, 5.74) is 0.166. The van der Waals surface area contributed by atoms with Crippen molar-refractivity contribution in [3.05, 3.63) is 28.2 Å². The summed E-state index contributed by atoms with van der Waals surface area (Å²) in [6.07, 6.45) is 0. The van der Waals surface area contributed by atoms with Gasteiger partial charge in [-0.1, -0.05) is 0 Å². The Labute approximate surface area is 95.0 Å². The van der Waals surface area contributed by atoms with Crippen molar-refractivity contribution in [1.82, 2.24) is 10.3 Å². The maximum absolute atomic E-state index is 12.8. The van der Waals surface area contributed by atoms with Crippen LogP contribution in [-0.2, 0) is 4.74 Å². The van der Waals surface area contributed by atoms with E-state index in [4.69, 9.17) is 4.74 Å². The lowest BCUT2D eigenvalue weighted by molar-refractivity contribution is 0.0932. The molecule has 0 aromatic carbocycles. The van der Waals surface area contributed by atoms with Gasteiger partial charge in [-0.05, 0) is 28.1 Å². The summed E-state index contributed by atoms with van der Waals surface area (Å²) in [7, 11) is 1.54. The molecule has 0 spiro atoms. The van der Waals surface area contributed by atoms with Crippen LogP contribution in [0, 0.1) is 5.82 Å². The smallest absolute Gasteiger partial charge is 0.270 e. The number of rotatable bonds is 4. The summed E-state index contributed by atoms with van der Waals surface area (Å²) in [5, 5.41) is 2.58. The van der Waals surface area contributed by atoms with Gasteiger partial charge in [0.05, 0.1) is 6.61 Å². The molecule has 0 saturated carbocycles. The van der Waals surface area contributed by atoms with E-state index in [9.17, 15) is 9.18 Å². The predicted octanol–water partition coefficient (Wildman–Crippen LogP) is 1.36. The number of halogens is 2. The van der Waals surface area contributed by atoms with Crippen LogP contribution in [0.15, 0.2) is 16.7 Å². The van der Waals surface area contributed by atoms with Crippen molar-refractivity contribution in [1.29, 1.82) is 0 Å². The van der Waals surface area contributed by atoms with Crippen molar-refractivity contribution in [2.75, 3.05) is 20.3 Å². The van der Waals surface area contributed by atoms with Crippen molar-refractivity contribution in [3.63, 3.8) is 0 Å². The molecule has 1 rings (SSSR count). The van der Waals surface area contributed by atoms with Crippen LogP contribution in [0.2, 0.25) is 0 Å². The number of amides is 1. The first-order valence-electron chi connectivity index (χ1n) is 4.24. The van der Waals surface area contributed by atoms with Gasteiger partial charge in [0.25, 0.3) is 5.91 Å². The predicted molar refractivity (Wildman–Crippen MR) is 56.1 cm³/mol. The normalized spacial score (nSPS) is 10.1. The minimum Gasteiger partial charge on any atom is -0.383 e. The number of pyridine rings is 1. The zero-order valence-electron chi connectivity index (χ0n) is 8.09. The molecule has 1 aromatic heterocycles. The number of aromatic nitrogens is 1. The second-order valence-electron chi connectivity index (χ2n) is 2.72. The maximum atomic E-state index is 12.8. The van der Waals surface area contributed by atoms with Crippen LogP contribution in [0.1, 0.15) is 10.5 Å². The van der Waals surface area contributed by atoms with Gasteiger partial charge in [0, 0.05) is 13.7 Å². The zero-order valence-corrected chi connectivity index (χ0v) is 9.67. The summed E-state index contributed by atoms with van der Waals surface area (Å²) < 4.78 is 17.6. The Balaban J connectivity index is 2.62. The fraction of sp³-hybridized carbons (Fsp3) is 0.333. The standard InChI is InChI=1S/C9H10BrFN2O2/c1-15-5-4-12-9(14)7-3-2-6(11)8(10)13-7/h2-3H,4-5H2,1H3,(H,12,14). The zero-order chi connectivity index (χ0) is 11.3. The van der Waals surface area contributed by atoms with Gasteiger partial charge < -0.3 is 10.1 Å². The number of carbonyl (C=O) groups excluding carboxylic acids is 1. The van der Waals surface area contributed by atoms with Crippen LogP contribution >= 0.6 is 15.9 Å². The number of nitrogens with one attached hydrogen (secondary N) is 1. The van der Waals surface area contributed by atoms with Gasteiger partial charge in [-0.15, -0.1) is 0 Å². The minimum absolute atomic E-state index is 0.0295. The van der Waals surface area contributed by atoms with Gasteiger partial charge in [0.1, 0.15) is 10.3 Å². The lowest BCUT2D eigenvalue weighted by Gasteiger charge is -2.04. The highest BCUT2D eigenvalue weighted by atomic mass is 79.9. The van der Waals surface area contributed by atoms with E-state index < -0.39 is 5.82 Å². The van der Waals surface area contributed by atoms with Crippen molar-refractivity contribution in [2.24, 2.45) is 0 Å². The molecule has 0 aliphatic rings. The van der Waals surface area contributed by atoms with Gasteiger partial charge >= 0.3 is 0 Å². The molecule has 15 heavy (non-hydrogen) atoms. The Morgan fingerprint density at radius 3 is 3.00 bits per heavy atom. The van der Waals surface area contributed by atoms with Gasteiger partial charge in [-0.2, -0.15) is 0 Å². The molecule has 0 unspecified atom stereocenters. The molecule has 4 nitrogen and oxygen atoms in total. The average Bonchev–Trinajstić information content (AvgIpc) is 2.22. The molecular weight excluding hydrogens is 267 g/mol. The number of ether oxygens (including phenoxy) is 1. The quantitative estimate of drug-likeness (QED) is 0.667. The fourth-order valence-electron chi connectivity index (χ4n) is 0.901. The van der Waals surface area contributed by atoms with Crippen LogP contribution in [0.5, 0.6) is 0 Å². The highest BCUT2D eigenvalue weighted by Gasteiger charge is 2.09. The molecule has 1 amide bonds. The van der Waals surface area contributed by atoms with E-state index >= 15 is 0 Å². The largest absolute Gasteiger partial charge is 0.383 e. The molecule has 6 heteroatoms. The Kier molecular flexibility index (Phi) is 4.64. The van der Waals surface area contributed by atoms with Gasteiger partial charge in [-0.3, -0.25) is 4.79 Å². The van der Waals surface area contributed by atoms with Crippen molar-refractivity contribution < 1.29 is 13.9 Å². The molecule has 0 atom stereocenters. The third kappa shape index (κ3) is 3.56. The lowest BCUT2D eigenvalue weighted by Crippen LogP contribution is -2.27. The van der Waals surface area contributed by atoms with Crippen LogP contribution in [0.25, 0.3) is 0 Å². The fourth-order valence-corrected chi connectivity index (χ4v) is 1.22. The number of methoxy groups -OCH3 is 1. The Bertz CT molecular complexity index is 360. The molecule has 0 aliphatic heterocycles. The van der Waals surface area contributed by atoms with Crippen LogP contribution < -0.4 is 5.32 Å². The molecule has 0 bridgehead atoms. The van der Waals surface area contributed by atoms with Crippen molar-refractivity contribution in [2.45, 2.75) is 0 Å². The Morgan fingerprint density at radius 2 is 2.40 bits per heavy atom. The van der Waals surface area contributed by atoms with E-state index in [0.717, 1.165) is 0 Å². The van der Waals surface area contributed by atoms with E-state index in [-0.39, 0.29) is 16.2 Å². The van der Waals surface area contributed by atoms with Crippen molar-refractivity contribution in [3.8, 4) is 0 Å². The van der Waals surface area contributed by atoms with Crippen LogP contribution in [-0.4, -0.2) is 31.2 Å². The topological polar surface area (TPSA) is 51.2 Å². The SMILES string of the molecule is COCCNC(=O)c1ccc(F)c(Br)n1. The molecule has 0 fully saturated rings. The Morgan fingerprint density at radius 1 is 1.67 bits per heavy atom. The average molecular weight is 277 g/mol. The van der Waals surface area contributed by atoms with Crippen LogP contribution in [0.4, 0.5) is 4.39 Å². The molecule has 0 radical (unpaired) electrons. The second kappa shape index (κ2) is 5.77. The van der Waals surface area contributed by atoms with E-state index in [1.165, 1.54) is 12.1 Å². The molecule has 1 heterocycles. The minimum atomic E-state index is -0.497. The molecule has 1 aromatic rings. The maximum Gasteiger partial charge on any atom is 0.270 e. The van der Waals surface area contributed by atoms with Crippen molar-refractivity contribution >= 4 is 21.8 Å². The van der Waals surface area contributed by atoms with Crippen LogP contribution in [0.3, 0.4) is 0 Å². The molecule has 1 N–H and O–H groups in total. The third-order valence-corrected chi connectivity index (χ3v) is 2.18. The summed E-state index contributed by atoms with van der Waals surface area (Å²) in [4.78, 5) is 15.2. The summed E-state index contributed by atoms with van der Waals surface area (Å²) in [6.45, 7) is 0.820.